The van der Waals surface area contributed by atoms with Crippen LogP contribution in [0, 0.1) is 0 Å². The molecule has 4 aromatic carbocycles. The average molecular weight is 462 g/mol. The summed E-state index contributed by atoms with van der Waals surface area (Å²) in [6, 6.07) is 32.4. The Morgan fingerprint density at radius 3 is 1.97 bits per heavy atom. The van der Waals surface area contributed by atoms with Gasteiger partial charge in [0, 0.05) is 0 Å². The quantitative estimate of drug-likeness (QED) is 0.308. The van der Waals surface area contributed by atoms with Gasteiger partial charge < -0.3 is 9.84 Å². The number of hydrogen-bond acceptors (Lipinski definition) is 2. The summed E-state index contributed by atoms with van der Waals surface area (Å²) in [4.78, 5) is 8.90. The fraction of sp³-hybridized carbons (Fsp3) is 0.107. The predicted octanol–water partition coefficient (Wildman–Crippen LogP) is 7.23. The second-order valence-corrected chi connectivity index (χ2v) is 7.75. The molecule has 4 aromatic rings. The van der Waals surface area contributed by atoms with Crippen LogP contribution in [0.25, 0.3) is 33.4 Å². The number of alkyl halides is 3. The fourth-order valence-electron chi connectivity index (χ4n) is 4.16. The van der Waals surface area contributed by atoms with E-state index in [1.165, 1.54) is 44.5 Å². The van der Waals surface area contributed by atoms with Crippen LogP contribution in [0.5, 0.6) is 5.75 Å². The topological polar surface area (TPSA) is 46.5 Å². The van der Waals surface area contributed by atoms with Crippen molar-refractivity contribution in [1.29, 1.82) is 0 Å². The van der Waals surface area contributed by atoms with Crippen LogP contribution in [0.1, 0.15) is 11.1 Å². The van der Waals surface area contributed by atoms with E-state index in [1.807, 2.05) is 12.1 Å². The number of rotatable bonds is 3. The molecular weight excluding hydrogens is 441 g/mol. The van der Waals surface area contributed by atoms with E-state index in [0.29, 0.717) is 0 Å². The third kappa shape index (κ3) is 4.66. The molecule has 0 atom stereocenters. The number of carboxylic acid groups (broad SMARTS) is 1. The molecule has 0 spiro atoms. The number of carbonyl (C=O) groups is 1. The summed E-state index contributed by atoms with van der Waals surface area (Å²) in [6.07, 6.45) is -4.10. The third-order valence-electron chi connectivity index (χ3n) is 5.69. The first-order valence-corrected chi connectivity index (χ1v) is 10.5. The van der Waals surface area contributed by atoms with E-state index in [1.54, 1.807) is 7.11 Å². The highest BCUT2D eigenvalue weighted by Gasteiger charge is 2.38. The molecule has 0 aliphatic heterocycles. The van der Waals surface area contributed by atoms with Gasteiger partial charge >= 0.3 is 12.1 Å². The van der Waals surface area contributed by atoms with Gasteiger partial charge in [-0.15, -0.1) is 0 Å². The first-order chi connectivity index (χ1) is 16.3. The minimum Gasteiger partial charge on any atom is -0.497 e. The Hall–Kier alpha value is -4.06. The van der Waals surface area contributed by atoms with Crippen molar-refractivity contribution < 1.29 is 27.8 Å². The van der Waals surface area contributed by atoms with Crippen molar-refractivity contribution in [3.8, 4) is 39.1 Å². The highest BCUT2D eigenvalue weighted by atomic mass is 19.4. The van der Waals surface area contributed by atoms with Gasteiger partial charge in [0.1, 0.15) is 5.75 Å². The van der Waals surface area contributed by atoms with Crippen molar-refractivity contribution >= 4 is 5.97 Å². The van der Waals surface area contributed by atoms with Crippen molar-refractivity contribution in [1.82, 2.24) is 0 Å². The predicted molar refractivity (Wildman–Crippen MR) is 126 cm³/mol. The van der Waals surface area contributed by atoms with E-state index < -0.39 is 12.1 Å². The van der Waals surface area contributed by atoms with E-state index in [9.17, 15) is 13.2 Å². The van der Waals surface area contributed by atoms with E-state index in [4.69, 9.17) is 14.6 Å². The molecule has 0 fully saturated rings. The molecule has 1 N–H and O–H groups in total. The largest absolute Gasteiger partial charge is 0.497 e. The van der Waals surface area contributed by atoms with Crippen molar-refractivity contribution in [2.45, 2.75) is 12.6 Å². The molecule has 6 heteroatoms. The summed E-state index contributed by atoms with van der Waals surface area (Å²) in [6.45, 7) is 0. The van der Waals surface area contributed by atoms with Crippen LogP contribution < -0.4 is 4.74 Å². The molecule has 3 nitrogen and oxygen atoms in total. The SMILES string of the molecule is COc1ccc(-c2ccc3c(c2-c2ccccc2)Cc2ccccc2-3)cc1.O=C(O)C(F)(F)F. The molecule has 0 unspecified atom stereocenters. The van der Waals surface area contributed by atoms with E-state index in [-0.39, 0.29) is 0 Å². The summed E-state index contributed by atoms with van der Waals surface area (Å²) >= 11 is 0. The van der Waals surface area contributed by atoms with E-state index in [0.717, 1.165) is 12.2 Å². The minimum atomic E-state index is -5.08. The Morgan fingerprint density at radius 1 is 0.765 bits per heavy atom. The van der Waals surface area contributed by atoms with Crippen molar-refractivity contribution in [3.63, 3.8) is 0 Å². The number of aliphatic carboxylic acids is 1. The lowest BCUT2D eigenvalue weighted by atomic mass is 9.88. The third-order valence-corrected chi connectivity index (χ3v) is 5.69. The Kier molecular flexibility index (Phi) is 6.41. The lowest BCUT2D eigenvalue weighted by Crippen LogP contribution is -2.21. The van der Waals surface area contributed by atoms with Gasteiger partial charge in [-0.25, -0.2) is 4.79 Å². The number of ether oxygens (including phenoxy) is 1. The lowest BCUT2D eigenvalue weighted by Gasteiger charge is -2.16. The standard InChI is InChI=1S/C26H20O.C2HF3O2/c1-27-21-13-11-18(12-14-21)23-15-16-24-22-10-6-5-9-20(22)17-25(24)26(23)19-7-3-2-4-8-19;3-2(4,5)1(6)7/h2-16H,17H2,1H3;(H,6,7). The number of methoxy groups -OCH3 is 1. The minimum absolute atomic E-state index is 0.883. The molecule has 1 aliphatic carbocycles. The van der Waals surface area contributed by atoms with Gasteiger partial charge in [0.2, 0.25) is 0 Å². The summed E-state index contributed by atoms with van der Waals surface area (Å²) in [5, 5.41) is 7.12. The van der Waals surface area contributed by atoms with Crippen LogP contribution in [0.4, 0.5) is 13.2 Å². The molecule has 0 heterocycles. The number of halogens is 3. The van der Waals surface area contributed by atoms with Crippen molar-refractivity contribution in [3.05, 3.63) is 102 Å². The van der Waals surface area contributed by atoms with Gasteiger partial charge in [-0.3, -0.25) is 0 Å². The molecule has 0 amide bonds. The Morgan fingerprint density at radius 2 is 1.35 bits per heavy atom. The summed E-state index contributed by atoms with van der Waals surface area (Å²) in [5.41, 5.74) is 10.7. The molecular formula is C28H21F3O3. The highest BCUT2D eigenvalue weighted by molar-refractivity contribution is 5.93. The average Bonchev–Trinajstić information content (AvgIpc) is 3.22. The zero-order valence-corrected chi connectivity index (χ0v) is 18.3. The molecule has 0 radical (unpaired) electrons. The van der Waals surface area contributed by atoms with E-state index >= 15 is 0 Å². The van der Waals surface area contributed by atoms with Gasteiger partial charge in [0.05, 0.1) is 7.11 Å². The molecule has 34 heavy (non-hydrogen) atoms. The number of benzene rings is 4. The van der Waals surface area contributed by atoms with Crippen molar-refractivity contribution in [2.75, 3.05) is 7.11 Å². The first-order valence-electron chi connectivity index (χ1n) is 10.5. The molecule has 0 bridgehead atoms. The smallest absolute Gasteiger partial charge is 0.490 e. The van der Waals surface area contributed by atoms with E-state index in [2.05, 4.69) is 78.9 Å². The van der Waals surface area contributed by atoms with Gasteiger partial charge in [0.25, 0.3) is 0 Å². The molecule has 1 aliphatic rings. The van der Waals surface area contributed by atoms with Gasteiger partial charge in [-0.05, 0) is 63.1 Å². The number of fused-ring (bicyclic) bond motifs is 3. The first kappa shape index (κ1) is 23.1. The number of hydrogen-bond donors (Lipinski definition) is 1. The maximum Gasteiger partial charge on any atom is 0.490 e. The monoisotopic (exact) mass is 462 g/mol. The molecule has 0 saturated heterocycles. The van der Waals surface area contributed by atoms with Crippen LogP contribution in [0.15, 0.2) is 91.0 Å². The Bertz CT molecular complexity index is 1310. The molecule has 0 saturated carbocycles. The second-order valence-electron chi connectivity index (χ2n) is 7.75. The van der Waals surface area contributed by atoms with Gasteiger partial charge in [-0.2, -0.15) is 13.2 Å². The maximum atomic E-state index is 10.6. The lowest BCUT2D eigenvalue weighted by molar-refractivity contribution is -0.192. The zero-order valence-electron chi connectivity index (χ0n) is 18.3. The van der Waals surface area contributed by atoms with Crippen LogP contribution in [0.3, 0.4) is 0 Å². The number of carboxylic acids is 1. The fourth-order valence-corrected chi connectivity index (χ4v) is 4.16. The summed E-state index contributed by atoms with van der Waals surface area (Å²) < 4.78 is 37.1. The summed E-state index contributed by atoms with van der Waals surface area (Å²) in [7, 11) is 1.71. The van der Waals surface area contributed by atoms with Crippen LogP contribution in [-0.2, 0) is 11.2 Å². The second kappa shape index (κ2) is 9.43. The van der Waals surface area contributed by atoms with Crippen molar-refractivity contribution in [2.24, 2.45) is 0 Å². The van der Waals surface area contributed by atoms with Gasteiger partial charge in [0.15, 0.2) is 0 Å². The van der Waals surface area contributed by atoms with Gasteiger partial charge in [-0.1, -0.05) is 78.9 Å². The molecule has 0 aromatic heterocycles. The normalized spacial score (nSPS) is 11.6. The molecule has 5 rings (SSSR count). The van der Waals surface area contributed by atoms with Crippen LogP contribution in [-0.4, -0.2) is 24.4 Å². The maximum absolute atomic E-state index is 10.6. The van der Waals surface area contributed by atoms with Crippen LogP contribution in [0.2, 0.25) is 0 Å². The Balaban J connectivity index is 0.000000344. The zero-order chi connectivity index (χ0) is 24.3. The summed E-state index contributed by atoms with van der Waals surface area (Å²) in [5.74, 6) is -1.87. The molecule has 172 valence electrons. The van der Waals surface area contributed by atoms with Crippen LogP contribution >= 0.6 is 0 Å². The Labute approximate surface area is 195 Å². The highest BCUT2D eigenvalue weighted by Crippen LogP contribution is 2.45.